The standard InChI is InChI=1S/C14H17N3O2/c1-17(14(18)7-15-11-3-4-11)8-10-2-5-12-13(6-10)19-9-16-12/h2,5-6,9,11,15H,3-4,7-8H2,1H3. The molecule has 1 heterocycles. The van der Waals surface area contributed by atoms with Gasteiger partial charge in [0.25, 0.3) is 0 Å². The molecule has 0 spiro atoms. The zero-order valence-electron chi connectivity index (χ0n) is 10.9. The molecule has 100 valence electrons. The van der Waals surface area contributed by atoms with Crippen LogP contribution in [0, 0.1) is 0 Å². The summed E-state index contributed by atoms with van der Waals surface area (Å²) in [6.07, 6.45) is 3.82. The minimum absolute atomic E-state index is 0.115. The maximum absolute atomic E-state index is 11.9. The summed E-state index contributed by atoms with van der Waals surface area (Å²) >= 11 is 0. The highest BCUT2D eigenvalue weighted by Gasteiger charge is 2.22. The molecule has 5 nitrogen and oxygen atoms in total. The summed E-state index contributed by atoms with van der Waals surface area (Å²) in [5.41, 5.74) is 2.65. The summed E-state index contributed by atoms with van der Waals surface area (Å²) in [6.45, 7) is 1.01. The van der Waals surface area contributed by atoms with Gasteiger partial charge in [0.1, 0.15) is 5.52 Å². The first kappa shape index (κ1) is 12.2. The van der Waals surface area contributed by atoms with Crippen LogP contribution in [0.4, 0.5) is 0 Å². The van der Waals surface area contributed by atoms with Crippen molar-refractivity contribution < 1.29 is 9.21 Å². The Hall–Kier alpha value is -1.88. The molecule has 0 atom stereocenters. The van der Waals surface area contributed by atoms with E-state index in [0.717, 1.165) is 16.7 Å². The molecule has 1 N–H and O–H groups in total. The zero-order valence-corrected chi connectivity index (χ0v) is 10.9. The van der Waals surface area contributed by atoms with Crippen LogP contribution in [0.25, 0.3) is 11.1 Å². The number of nitrogens with zero attached hydrogens (tertiary/aromatic N) is 2. The molecule has 3 rings (SSSR count). The predicted octanol–water partition coefficient (Wildman–Crippen LogP) is 1.54. The maximum atomic E-state index is 11.9. The minimum Gasteiger partial charge on any atom is -0.443 e. The second-order valence-corrected chi connectivity index (χ2v) is 5.06. The molecule has 1 aliphatic carbocycles. The number of fused-ring (bicyclic) bond motifs is 1. The van der Waals surface area contributed by atoms with Crippen molar-refractivity contribution in [3.63, 3.8) is 0 Å². The van der Waals surface area contributed by atoms with Crippen molar-refractivity contribution in [3.05, 3.63) is 30.2 Å². The quantitative estimate of drug-likeness (QED) is 0.885. The lowest BCUT2D eigenvalue weighted by molar-refractivity contribution is -0.129. The number of carbonyl (C=O) groups is 1. The maximum Gasteiger partial charge on any atom is 0.236 e. The van der Waals surface area contributed by atoms with Crippen molar-refractivity contribution in [1.29, 1.82) is 0 Å². The van der Waals surface area contributed by atoms with E-state index in [1.54, 1.807) is 4.90 Å². The summed E-state index contributed by atoms with van der Waals surface area (Å²) in [6, 6.07) is 6.38. The van der Waals surface area contributed by atoms with Gasteiger partial charge < -0.3 is 14.6 Å². The Morgan fingerprint density at radius 3 is 3.16 bits per heavy atom. The van der Waals surface area contributed by atoms with E-state index >= 15 is 0 Å². The average molecular weight is 259 g/mol. The van der Waals surface area contributed by atoms with Crippen molar-refractivity contribution in [2.45, 2.75) is 25.4 Å². The molecule has 0 saturated heterocycles. The number of rotatable bonds is 5. The summed E-state index contributed by atoms with van der Waals surface area (Å²) in [5.74, 6) is 0.115. The fourth-order valence-electron chi connectivity index (χ4n) is 2.01. The van der Waals surface area contributed by atoms with Crippen molar-refractivity contribution in [3.8, 4) is 0 Å². The molecule has 1 fully saturated rings. The molecule has 0 aliphatic heterocycles. The van der Waals surface area contributed by atoms with Crippen LogP contribution in [-0.4, -0.2) is 35.4 Å². The third-order valence-corrected chi connectivity index (χ3v) is 3.36. The molecule has 5 heteroatoms. The van der Waals surface area contributed by atoms with Gasteiger partial charge in [-0.25, -0.2) is 4.98 Å². The number of nitrogens with one attached hydrogen (secondary N) is 1. The Morgan fingerprint density at radius 1 is 1.53 bits per heavy atom. The lowest BCUT2D eigenvalue weighted by atomic mass is 10.2. The third-order valence-electron chi connectivity index (χ3n) is 3.36. The molecule has 0 unspecified atom stereocenters. The van der Waals surface area contributed by atoms with Gasteiger partial charge in [-0.1, -0.05) is 6.07 Å². The van der Waals surface area contributed by atoms with Crippen molar-refractivity contribution in [1.82, 2.24) is 15.2 Å². The van der Waals surface area contributed by atoms with Crippen molar-refractivity contribution in [2.75, 3.05) is 13.6 Å². The second-order valence-electron chi connectivity index (χ2n) is 5.06. The minimum atomic E-state index is 0.115. The van der Waals surface area contributed by atoms with E-state index in [1.807, 2.05) is 25.2 Å². The molecule has 1 aliphatic rings. The van der Waals surface area contributed by atoms with Gasteiger partial charge in [0.2, 0.25) is 5.91 Å². The van der Waals surface area contributed by atoms with E-state index in [1.165, 1.54) is 19.2 Å². The molecule has 1 aromatic heterocycles. The first-order chi connectivity index (χ1) is 9.22. The molecule has 0 radical (unpaired) electrons. The summed E-state index contributed by atoms with van der Waals surface area (Å²) in [4.78, 5) is 17.7. The van der Waals surface area contributed by atoms with Gasteiger partial charge in [-0.15, -0.1) is 0 Å². The van der Waals surface area contributed by atoms with Crippen LogP contribution in [0.3, 0.4) is 0 Å². The number of amides is 1. The molecule has 2 aromatic rings. The molecular weight excluding hydrogens is 242 g/mol. The Bertz CT molecular complexity index is 589. The van der Waals surface area contributed by atoms with Crippen LogP contribution in [0.5, 0.6) is 0 Å². The monoisotopic (exact) mass is 259 g/mol. The Morgan fingerprint density at radius 2 is 2.37 bits per heavy atom. The molecule has 19 heavy (non-hydrogen) atoms. The number of likely N-dealkylation sites (N-methyl/N-ethyl adjacent to an activating group) is 1. The van der Waals surface area contributed by atoms with Crippen molar-refractivity contribution >= 4 is 17.0 Å². The first-order valence-corrected chi connectivity index (χ1v) is 6.52. The van der Waals surface area contributed by atoms with E-state index < -0.39 is 0 Å². The lowest BCUT2D eigenvalue weighted by Crippen LogP contribution is -2.35. The SMILES string of the molecule is CN(Cc1ccc2ncoc2c1)C(=O)CNC1CC1. The highest BCUT2D eigenvalue weighted by Crippen LogP contribution is 2.18. The van der Waals surface area contributed by atoms with Gasteiger partial charge in [-0.3, -0.25) is 4.79 Å². The van der Waals surface area contributed by atoms with Gasteiger partial charge in [0.15, 0.2) is 12.0 Å². The number of carbonyl (C=O) groups excluding carboxylic acids is 1. The fraction of sp³-hybridized carbons (Fsp3) is 0.429. The number of aromatic nitrogens is 1. The van der Waals surface area contributed by atoms with Gasteiger partial charge in [0, 0.05) is 19.6 Å². The van der Waals surface area contributed by atoms with Gasteiger partial charge in [-0.2, -0.15) is 0 Å². The first-order valence-electron chi connectivity index (χ1n) is 6.52. The van der Waals surface area contributed by atoms with Crippen LogP contribution in [0.2, 0.25) is 0 Å². The lowest BCUT2D eigenvalue weighted by Gasteiger charge is -2.17. The molecule has 1 aromatic carbocycles. The Labute approximate surface area is 111 Å². The largest absolute Gasteiger partial charge is 0.443 e. The van der Waals surface area contributed by atoms with E-state index in [0.29, 0.717) is 19.1 Å². The van der Waals surface area contributed by atoms with E-state index in [2.05, 4.69) is 10.3 Å². The molecule has 1 amide bonds. The summed E-state index contributed by atoms with van der Waals surface area (Å²) < 4.78 is 5.26. The predicted molar refractivity (Wildman–Crippen MR) is 71.5 cm³/mol. The average Bonchev–Trinajstić information content (AvgIpc) is 3.12. The third kappa shape index (κ3) is 2.93. The number of benzene rings is 1. The van der Waals surface area contributed by atoms with Crippen LogP contribution in [0.1, 0.15) is 18.4 Å². The smallest absolute Gasteiger partial charge is 0.236 e. The van der Waals surface area contributed by atoms with Gasteiger partial charge >= 0.3 is 0 Å². The fourth-order valence-corrected chi connectivity index (χ4v) is 2.01. The Balaban J connectivity index is 1.60. The number of hydrogen-bond donors (Lipinski definition) is 1. The number of hydrogen-bond acceptors (Lipinski definition) is 4. The van der Waals surface area contributed by atoms with E-state index in [9.17, 15) is 4.79 Å². The number of oxazole rings is 1. The van der Waals surface area contributed by atoms with E-state index in [-0.39, 0.29) is 5.91 Å². The second kappa shape index (κ2) is 5.01. The topological polar surface area (TPSA) is 58.4 Å². The normalized spacial score (nSPS) is 14.8. The molecular formula is C14H17N3O2. The van der Waals surface area contributed by atoms with E-state index in [4.69, 9.17) is 4.42 Å². The summed E-state index contributed by atoms with van der Waals surface area (Å²) in [5, 5.41) is 3.23. The molecule has 0 bridgehead atoms. The highest BCUT2D eigenvalue weighted by molar-refractivity contribution is 5.78. The van der Waals surface area contributed by atoms with Gasteiger partial charge in [0.05, 0.1) is 6.54 Å². The van der Waals surface area contributed by atoms with Crippen LogP contribution < -0.4 is 5.32 Å². The molecule has 1 saturated carbocycles. The zero-order chi connectivity index (χ0) is 13.2. The highest BCUT2D eigenvalue weighted by atomic mass is 16.3. The van der Waals surface area contributed by atoms with Crippen LogP contribution in [0.15, 0.2) is 29.0 Å². The van der Waals surface area contributed by atoms with Crippen LogP contribution in [-0.2, 0) is 11.3 Å². The van der Waals surface area contributed by atoms with Crippen LogP contribution >= 0.6 is 0 Å². The summed E-state index contributed by atoms with van der Waals surface area (Å²) in [7, 11) is 1.82. The van der Waals surface area contributed by atoms with Gasteiger partial charge in [-0.05, 0) is 30.5 Å². The Kier molecular flexibility index (Phi) is 3.21. The van der Waals surface area contributed by atoms with Crippen molar-refractivity contribution in [2.24, 2.45) is 0 Å².